The number of rotatable bonds is 5. The van der Waals surface area contributed by atoms with E-state index in [1.165, 1.54) is 25.7 Å². The molecular formula is C16H24ClN3O. The maximum Gasteiger partial charge on any atom is 0.251 e. The van der Waals surface area contributed by atoms with Crippen LogP contribution in [0.4, 0.5) is 5.82 Å². The molecule has 0 bridgehead atoms. The molecule has 1 aromatic heterocycles. The SMILES string of the molecule is CCNc1cc(C(=O)NCC2CCC(C)CC2)cc(Cl)n1. The average molecular weight is 310 g/mol. The van der Waals surface area contributed by atoms with Gasteiger partial charge in [0.25, 0.3) is 5.91 Å². The number of carbonyl (C=O) groups excluding carboxylic acids is 1. The normalized spacial score (nSPS) is 21.9. The van der Waals surface area contributed by atoms with Crippen molar-refractivity contribution in [2.45, 2.75) is 39.5 Å². The Morgan fingerprint density at radius 3 is 2.71 bits per heavy atom. The molecule has 1 aliphatic carbocycles. The molecule has 2 N–H and O–H groups in total. The Balaban J connectivity index is 1.90. The summed E-state index contributed by atoms with van der Waals surface area (Å²) in [6, 6.07) is 3.36. The summed E-state index contributed by atoms with van der Waals surface area (Å²) in [5.41, 5.74) is 0.565. The second-order valence-corrected chi connectivity index (χ2v) is 6.32. The molecule has 4 nitrogen and oxygen atoms in total. The largest absolute Gasteiger partial charge is 0.370 e. The van der Waals surface area contributed by atoms with Crippen molar-refractivity contribution >= 4 is 23.3 Å². The van der Waals surface area contributed by atoms with Gasteiger partial charge in [-0.15, -0.1) is 0 Å². The summed E-state index contributed by atoms with van der Waals surface area (Å²) in [6.07, 6.45) is 4.96. The fraction of sp³-hybridized carbons (Fsp3) is 0.625. The molecule has 0 radical (unpaired) electrons. The number of aromatic nitrogens is 1. The number of halogens is 1. The first kappa shape index (κ1) is 16.1. The first-order valence-electron chi connectivity index (χ1n) is 7.78. The van der Waals surface area contributed by atoms with Gasteiger partial charge in [0.15, 0.2) is 0 Å². The third kappa shape index (κ3) is 4.88. The Morgan fingerprint density at radius 2 is 2.05 bits per heavy atom. The summed E-state index contributed by atoms with van der Waals surface area (Å²) in [5.74, 6) is 2.01. The first-order valence-corrected chi connectivity index (χ1v) is 8.16. The summed E-state index contributed by atoms with van der Waals surface area (Å²) in [4.78, 5) is 16.4. The van der Waals surface area contributed by atoms with E-state index < -0.39 is 0 Å². The summed E-state index contributed by atoms with van der Waals surface area (Å²) in [5, 5.41) is 6.44. The van der Waals surface area contributed by atoms with Crippen LogP contribution in [0.3, 0.4) is 0 Å². The predicted molar refractivity (Wildman–Crippen MR) is 86.9 cm³/mol. The maximum absolute atomic E-state index is 12.2. The van der Waals surface area contributed by atoms with E-state index in [1.807, 2.05) is 6.92 Å². The number of carbonyl (C=O) groups is 1. The highest BCUT2D eigenvalue weighted by atomic mass is 35.5. The molecule has 1 aliphatic rings. The molecule has 0 spiro atoms. The van der Waals surface area contributed by atoms with Crippen molar-refractivity contribution in [3.05, 3.63) is 22.8 Å². The third-order valence-electron chi connectivity index (χ3n) is 4.10. The fourth-order valence-electron chi connectivity index (χ4n) is 2.77. The van der Waals surface area contributed by atoms with Gasteiger partial charge in [-0.3, -0.25) is 4.79 Å². The number of pyridine rings is 1. The van der Waals surface area contributed by atoms with Crippen molar-refractivity contribution in [3.8, 4) is 0 Å². The summed E-state index contributed by atoms with van der Waals surface area (Å²) in [7, 11) is 0. The molecular weight excluding hydrogens is 286 g/mol. The van der Waals surface area contributed by atoms with Gasteiger partial charge in [-0.05, 0) is 43.7 Å². The zero-order chi connectivity index (χ0) is 15.2. The first-order chi connectivity index (χ1) is 10.1. The highest BCUT2D eigenvalue weighted by Crippen LogP contribution is 2.27. The Bertz CT molecular complexity index is 484. The van der Waals surface area contributed by atoms with E-state index in [-0.39, 0.29) is 5.91 Å². The Morgan fingerprint density at radius 1 is 1.33 bits per heavy atom. The van der Waals surface area contributed by atoms with Crippen LogP contribution >= 0.6 is 11.6 Å². The van der Waals surface area contributed by atoms with E-state index in [0.29, 0.717) is 22.5 Å². The Labute approximate surface area is 131 Å². The van der Waals surface area contributed by atoms with E-state index >= 15 is 0 Å². The van der Waals surface area contributed by atoms with Crippen molar-refractivity contribution in [2.75, 3.05) is 18.4 Å². The highest BCUT2D eigenvalue weighted by molar-refractivity contribution is 6.29. The zero-order valence-electron chi connectivity index (χ0n) is 12.8. The monoisotopic (exact) mass is 309 g/mol. The van der Waals surface area contributed by atoms with Gasteiger partial charge in [-0.2, -0.15) is 0 Å². The molecule has 21 heavy (non-hydrogen) atoms. The molecule has 1 amide bonds. The van der Waals surface area contributed by atoms with Crippen LogP contribution in [0.15, 0.2) is 12.1 Å². The Hall–Kier alpha value is -1.29. The number of amides is 1. The van der Waals surface area contributed by atoms with E-state index in [2.05, 4.69) is 22.5 Å². The highest BCUT2D eigenvalue weighted by Gasteiger charge is 2.19. The third-order valence-corrected chi connectivity index (χ3v) is 4.29. The smallest absolute Gasteiger partial charge is 0.251 e. The van der Waals surface area contributed by atoms with Gasteiger partial charge in [0.2, 0.25) is 0 Å². The van der Waals surface area contributed by atoms with Crippen LogP contribution in [-0.4, -0.2) is 24.0 Å². The van der Waals surface area contributed by atoms with Crippen molar-refractivity contribution in [3.63, 3.8) is 0 Å². The molecule has 1 aromatic rings. The van der Waals surface area contributed by atoms with Crippen LogP contribution in [0.1, 0.15) is 49.9 Å². The molecule has 0 aliphatic heterocycles. The van der Waals surface area contributed by atoms with Gasteiger partial charge in [0.05, 0.1) is 0 Å². The van der Waals surface area contributed by atoms with Crippen LogP contribution in [0, 0.1) is 11.8 Å². The topological polar surface area (TPSA) is 54.0 Å². The quantitative estimate of drug-likeness (QED) is 0.815. The zero-order valence-corrected chi connectivity index (χ0v) is 13.5. The summed E-state index contributed by atoms with van der Waals surface area (Å²) >= 11 is 5.96. The molecule has 0 saturated heterocycles. The molecule has 1 heterocycles. The lowest BCUT2D eigenvalue weighted by molar-refractivity contribution is 0.0942. The summed E-state index contributed by atoms with van der Waals surface area (Å²) < 4.78 is 0. The van der Waals surface area contributed by atoms with Crippen molar-refractivity contribution in [1.82, 2.24) is 10.3 Å². The van der Waals surface area contributed by atoms with Crippen molar-refractivity contribution < 1.29 is 4.79 Å². The number of nitrogens with zero attached hydrogens (tertiary/aromatic N) is 1. The van der Waals surface area contributed by atoms with E-state index in [4.69, 9.17) is 11.6 Å². The van der Waals surface area contributed by atoms with Gasteiger partial charge in [-0.25, -0.2) is 4.98 Å². The van der Waals surface area contributed by atoms with Crippen LogP contribution in [0.25, 0.3) is 0 Å². The van der Waals surface area contributed by atoms with Gasteiger partial charge in [0.1, 0.15) is 11.0 Å². The minimum Gasteiger partial charge on any atom is -0.370 e. The average Bonchev–Trinajstić information content (AvgIpc) is 2.46. The molecule has 0 atom stereocenters. The molecule has 1 saturated carbocycles. The number of anilines is 1. The number of nitrogens with one attached hydrogen (secondary N) is 2. The lowest BCUT2D eigenvalue weighted by Crippen LogP contribution is -2.31. The van der Waals surface area contributed by atoms with Crippen molar-refractivity contribution in [1.29, 1.82) is 0 Å². The van der Waals surface area contributed by atoms with Gasteiger partial charge in [-0.1, -0.05) is 31.4 Å². The molecule has 0 aromatic carbocycles. The molecule has 2 rings (SSSR count). The van der Waals surface area contributed by atoms with E-state index in [1.54, 1.807) is 12.1 Å². The van der Waals surface area contributed by atoms with Crippen LogP contribution in [-0.2, 0) is 0 Å². The van der Waals surface area contributed by atoms with E-state index in [9.17, 15) is 4.79 Å². The second kappa shape index (κ2) is 7.64. The maximum atomic E-state index is 12.2. The lowest BCUT2D eigenvalue weighted by Gasteiger charge is -2.26. The predicted octanol–water partition coefficient (Wildman–Crippen LogP) is 3.72. The number of hydrogen-bond donors (Lipinski definition) is 2. The molecule has 0 unspecified atom stereocenters. The van der Waals surface area contributed by atoms with Gasteiger partial charge in [0, 0.05) is 18.7 Å². The fourth-order valence-corrected chi connectivity index (χ4v) is 2.98. The van der Waals surface area contributed by atoms with Gasteiger partial charge < -0.3 is 10.6 Å². The molecule has 5 heteroatoms. The van der Waals surface area contributed by atoms with Crippen molar-refractivity contribution in [2.24, 2.45) is 11.8 Å². The molecule has 1 fully saturated rings. The Kier molecular flexibility index (Phi) is 5.85. The minimum atomic E-state index is -0.0722. The van der Waals surface area contributed by atoms with Crippen LogP contribution in [0.2, 0.25) is 5.15 Å². The van der Waals surface area contributed by atoms with Gasteiger partial charge >= 0.3 is 0 Å². The van der Waals surface area contributed by atoms with E-state index in [0.717, 1.165) is 19.0 Å². The summed E-state index contributed by atoms with van der Waals surface area (Å²) in [6.45, 7) is 5.78. The second-order valence-electron chi connectivity index (χ2n) is 5.93. The van der Waals surface area contributed by atoms with Crippen LogP contribution < -0.4 is 10.6 Å². The number of hydrogen-bond acceptors (Lipinski definition) is 3. The lowest BCUT2D eigenvalue weighted by atomic mass is 9.83. The standard InChI is InChI=1S/C16H24ClN3O/c1-3-18-15-9-13(8-14(17)20-15)16(21)19-10-12-6-4-11(2)5-7-12/h8-9,11-12H,3-7,10H2,1-2H3,(H,18,20)(H,19,21). The van der Waals surface area contributed by atoms with Crippen LogP contribution in [0.5, 0.6) is 0 Å². The molecule has 116 valence electrons. The minimum absolute atomic E-state index is 0.0722.